The minimum Gasteiger partial charge on any atom is -0.493 e. The van der Waals surface area contributed by atoms with Crippen LogP contribution in [-0.4, -0.2) is 140 Å². The van der Waals surface area contributed by atoms with Crippen LogP contribution in [-0.2, 0) is 33.4 Å². The topological polar surface area (TPSA) is 262 Å². The van der Waals surface area contributed by atoms with Crippen molar-refractivity contribution in [1.82, 2.24) is 36.1 Å². The Balaban J connectivity index is 0.775. The van der Waals surface area contributed by atoms with E-state index in [1.54, 1.807) is 42.0 Å². The first-order chi connectivity index (χ1) is 33.9. The fourth-order valence-corrected chi connectivity index (χ4v) is 9.32. The number of rotatable bonds is 34. The van der Waals surface area contributed by atoms with E-state index in [1.807, 2.05) is 43.3 Å². The number of aromatic nitrogens is 2. The molecule has 382 valence electrons. The van der Waals surface area contributed by atoms with E-state index in [-0.39, 0.29) is 53.8 Å². The Morgan fingerprint density at radius 3 is 2.04 bits per heavy atom. The molecule has 6 amide bonds. The molecule has 3 heterocycles. The lowest BCUT2D eigenvalue weighted by Crippen LogP contribution is -2.61. The highest BCUT2D eigenvalue weighted by molar-refractivity contribution is 8.00. The van der Waals surface area contributed by atoms with Gasteiger partial charge in [-0.15, -0.1) is 0 Å². The molecule has 2 fully saturated rings. The van der Waals surface area contributed by atoms with E-state index in [1.165, 1.54) is 6.08 Å². The lowest BCUT2D eigenvalue weighted by Gasteiger charge is -2.30. The van der Waals surface area contributed by atoms with Crippen LogP contribution in [0.3, 0.4) is 0 Å². The van der Waals surface area contributed by atoms with Gasteiger partial charge in [0.25, 0.3) is 0 Å². The molecular formula is C49H71N11O9S. The highest BCUT2D eigenvalue weighted by atomic mass is 32.2. The normalized spacial score (nSPS) is 17.0. The molecule has 3 atom stereocenters. The second-order valence-corrected chi connectivity index (χ2v) is 18.2. The Hall–Kier alpha value is -6.00. The summed E-state index contributed by atoms with van der Waals surface area (Å²) in [4.78, 5) is 71.2. The molecule has 2 saturated heterocycles. The maximum absolute atomic E-state index is 12.3. The molecule has 3 unspecified atom stereocenters. The van der Waals surface area contributed by atoms with Crippen molar-refractivity contribution in [3.63, 3.8) is 0 Å². The molecule has 3 aromatic rings. The summed E-state index contributed by atoms with van der Waals surface area (Å²) < 4.78 is 22.6. The molecule has 0 bridgehead atoms. The van der Waals surface area contributed by atoms with Gasteiger partial charge in [0.05, 0.1) is 39.1 Å². The number of nitrogens with two attached hydrogens (primary N) is 1. The minimum atomic E-state index is -0.688. The van der Waals surface area contributed by atoms with E-state index >= 15 is 0 Å². The van der Waals surface area contributed by atoms with Gasteiger partial charge in [0, 0.05) is 105 Å². The number of ether oxygens (including phenoxy) is 4. The van der Waals surface area contributed by atoms with E-state index in [0.29, 0.717) is 121 Å². The quantitative estimate of drug-likeness (QED) is 0.0226. The predicted octanol–water partition coefficient (Wildman–Crippen LogP) is 4.87. The molecule has 0 aliphatic carbocycles. The van der Waals surface area contributed by atoms with Crippen molar-refractivity contribution in [3.8, 4) is 5.75 Å². The largest absolute Gasteiger partial charge is 0.493 e. The zero-order valence-electron chi connectivity index (χ0n) is 40.5. The highest BCUT2D eigenvalue weighted by Crippen LogP contribution is 2.41. The van der Waals surface area contributed by atoms with Crippen LogP contribution in [0.4, 0.5) is 33.6 Å². The van der Waals surface area contributed by atoms with E-state index in [0.717, 1.165) is 42.0 Å². The molecule has 9 N–H and O–H groups in total. The number of benzene rings is 2. The lowest BCUT2D eigenvalue weighted by molar-refractivity contribution is -0.123. The van der Waals surface area contributed by atoms with Crippen LogP contribution in [0.15, 0.2) is 67.4 Å². The number of fused-ring (bicyclic) bond motifs is 1. The monoisotopic (exact) mass is 990 g/mol. The second-order valence-electron chi connectivity index (χ2n) is 17.0. The van der Waals surface area contributed by atoms with Crippen molar-refractivity contribution in [3.05, 3.63) is 72.9 Å². The molecule has 70 heavy (non-hydrogen) atoms. The molecule has 5 rings (SSSR count). The second kappa shape index (κ2) is 29.9. The molecule has 2 aromatic carbocycles. The lowest BCUT2D eigenvalue weighted by atomic mass is 9.96. The van der Waals surface area contributed by atoms with E-state index in [2.05, 4.69) is 53.8 Å². The van der Waals surface area contributed by atoms with Gasteiger partial charge in [-0.25, -0.2) is 9.78 Å². The number of nitrogens with one attached hydrogen (secondary N) is 7. The van der Waals surface area contributed by atoms with Crippen molar-refractivity contribution in [1.29, 1.82) is 0 Å². The van der Waals surface area contributed by atoms with Crippen molar-refractivity contribution in [2.24, 2.45) is 5.73 Å². The Bertz CT molecular complexity index is 2170. The Morgan fingerprint density at radius 1 is 0.800 bits per heavy atom. The van der Waals surface area contributed by atoms with Crippen LogP contribution < -0.4 is 47.7 Å². The molecule has 0 spiro atoms. The average molecular weight is 990 g/mol. The number of unbranched alkanes of at least 4 members (excludes halogenated alkanes) is 1. The number of carbonyl (C=O) groups excluding carboxylic acids is 5. The van der Waals surface area contributed by atoms with Crippen molar-refractivity contribution in [2.75, 3.05) is 94.6 Å². The maximum Gasteiger partial charge on any atom is 0.319 e. The summed E-state index contributed by atoms with van der Waals surface area (Å²) in [6.45, 7) is 10.1. The van der Waals surface area contributed by atoms with Crippen LogP contribution in [0.25, 0.3) is 0 Å². The van der Waals surface area contributed by atoms with Crippen LogP contribution in [0.1, 0.15) is 69.8 Å². The fraction of sp³-hybridized carbons (Fsp3) is 0.531. The number of nitrogens with zero attached hydrogens (tertiary/aromatic N) is 3. The summed E-state index contributed by atoms with van der Waals surface area (Å²) in [6.07, 6.45) is 8.88. The first-order valence-corrected chi connectivity index (χ1v) is 25.1. The predicted molar refractivity (Wildman–Crippen MR) is 271 cm³/mol. The summed E-state index contributed by atoms with van der Waals surface area (Å²) in [7, 11) is 1.78. The van der Waals surface area contributed by atoms with Crippen LogP contribution >= 0.6 is 11.8 Å². The van der Waals surface area contributed by atoms with E-state index < -0.39 is 5.66 Å². The van der Waals surface area contributed by atoms with Gasteiger partial charge in [0.1, 0.15) is 17.2 Å². The van der Waals surface area contributed by atoms with Gasteiger partial charge in [0.2, 0.25) is 29.6 Å². The Labute approximate surface area is 415 Å². The Kier molecular flexibility index (Phi) is 23.5. The number of hydrogen-bond donors (Lipinski definition) is 8. The number of likely N-dealkylation sites (N-methyl/N-ethyl adjacent to an activating group) is 1. The maximum atomic E-state index is 12.3. The zero-order chi connectivity index (χ0) is 50.0. The van der Waals surface area contributed by atoms with Crippen LogP contribution in [0.2, 0.25) is 0 Å². The van der Waals surface area contributed by atoms with Crippen LogP contribution in [0, 0.1) is 6.92 Å². The summed E-state index contributed by atoms with van der Waals surface area (Å²) in [5.74, 6) is 1.99. The van der Waals surface area contributed by atoms with Crippen LogP contribution in [0.5, 0.6) is 5.75 Å². The summed E-state index contributed by atoms with van der Waals surface area (Å²) in [5.41, 5.74) is 8.79. The van der Waals surface area contributed by atoms with Gasteiger partial charge in [-0.3, -0.25) is 19.2 Å². The number of urea groups is 1. The first kappa shape index (κ1) is 54.9. The van der Waals surface area contributed by atoms with Crippen molar-refractivity contribution < 1.29 is 42.9 Å². The molecular weight excluding hydrogens is 919 g/mol. The molecule has 2 aliphatic heterocycles. The van der Waals surface area contributed by atoms with Gasteiger partial charge >= 0.3 is 6.03 Å². The van der Waals surface area contributed by atoms with Gasteiger partial charge in [0.15, 0.2) is 0 Å². The molecule has 2 aliphatic rings. The van der Waals surface area contributed by atoms with Gasteiger partial charge < -0.3 is 66.8 Å². The smallest absolute Gasteiger partial charge is 0.319 e. The molecule has 1 aromatic heterocycles. The highest BCUT2D eigenvalue weighted by Gasteiger charge is 2.56. The molecule has 0 radical (unpaired) electrons. The third-order valence-electron chi connectivity index (χ3n) is 11.4. The summed E-state index contributed by atoms with van der Waals surface area (Å²) in [6, 6.07) is 14.6. The number of hydrogen-bond acceptors (Lipinski definition) is 15. The number of thioether (sulfide) groups is 1. The molecule has 0 saturated carbocycles. The third kappa shape index (κ3) is 19.1. The number of amides is 6. The summed E-state index contributed by atoms with van der Waals surface area (Å²) in [5, 5.41) is 21.0. The van der Waals surface area contributed by atoms with Crippen molar-refractivity contribution in [2.45, 2.75) is 88.1 Å². The SMILES string of the molecule is C=CC(=O)Nc1cccc(Nc2nc(Nc3cccc(OCCCNC(=O)CCCC(=O)NCCCOCCOCCOCCCNC(=O)CCCCC4SCC5N(C)C(=O)NC45N)c3)ncc2C)c1. The van der Waals surface area contributed by atoms with Crippen molar-refractivity contribution >= 4 is 70.3 Å². The first-order valence-electron chi connectivity index (χ1n) is 24.1. The number of carbonyl (C=O) groups is 5. The standard InChI is InChI=1S/C49H71N11O9S/c1-4-42(61)55-36-13-7-14-37(31-36)56-46-35(2)33-54-47(58-46)57-38-15-8-16-39(32-38)69-26-12-23-53-45(64)20-9-19-44(63)52-22-11-25-67-28-30-68-29-27-66-24-10-21-51-43(62)18-6-5-17-41-49(50)40(34-70-41)60(3)48(65)59-49/h4,7-8,13-16,31-33,40-41H,1,5-6,9-12,17-30,34,50H2,2-3H3,(H,51,62)(H,52,63)(H,53,64)(H,55,61)(H,59,65)(H2,54,56,57,58). The van der Waals surface area contributed by atoms with Gasteiger partial charge in [-0.05, 0) is 81.9 Å². The number of anilines is 5. The van der Waals surface area contributed by atoms with Gasteiger partial charge in [-0.2, -0.15) is 16.7 Å². The molecule has 21 heteroatoms. The van der Waals surface area contributed by atoms with Gasteiger partial charge in [-0.1, -0.05) is 25.1 Å². The third-order valence-corrected chi connectivity index (χ3v) is 13.0. The average Bonchev–Trinajstić information content (AvgIpc) is 3.78. The molecule has 20 nitrogen and oxygen atoms in total. The Morgan fingerprint density at radius 2 is 1.39 bits per heavy atom. The fourth-order valence-electron chi connectivity index (χ4n) is 7.58. The zero-order valence-corrected chi connectivity index (χ0v) is 41.3. The number of aryl methyl sites for hydroxylation is 1. The van der Waals surface area contributed by atoms with E-state index in [9.17, 15) is 24.0 Å². The minimum absolute atomic E-state index is 0.0115. The summed E-state index contributed by atoms with van der Waals surface area (Å²) >= 11 is 1.80. The van der Waals surface area contributed by atoms with E-state index in [4.69, 9.17) is 24.7 Å².